The van der Waals surface area contributed by atoms with Crippen LogP contribution < -0.4 is 0 Å². The fourth-order valence-electron chi connectivity index (χ4n) is 2.51. The smallest absolute Gasteiger partial charge is 0.317 e. The van der Waals surface area contributed by atoms with Crippen LogP contribution in [0.25, 0.3) is 10.8 Å². The average molecular weight is 257 g/mol. The van der Waals surface area contributed by atoms with Gasteiger partial charge < -0.3 is 5.11 Å². The van der Waals surface area contributed by atoms with E-state index in [-0.39, 0.29) is 12.6 Å². The molecule has 3 heteroatoms. The first-order valence-electron chi connectivity index (χ1n) is 6.57. The summed E-state index contributed by atoms with van der Waals surface area (Å²) in [6.45, 7) is 4.84. The Balaban J connectivity index is 2.40. The zero-order valence-corrected chi connectivity index (χ0v) is 11.3. The maximum absolute atomic E-state index is 10.9. The molecule has 0 aliphatic carbocycles. The van der Waals surface area contributed by atoms with Crippen molar-refractivity contribution in [1.29, 1.82) is 0 Å². The van der Waals surface area contributed by atoms with Gasteiger partial charge in [0.25, 0.3) is 0 Å². The van der Waals surface area contributed by atoms with Crippen LogP contribution in [0.1, 0.15) is 25.5 Å². The Labute approximate surface area is 113 Å². The van der Waals surface area contributed by atoms with Gasteiger partial charge in [0.2, 0.25) is 0 Å². The Morgan fingerprint density at radius 1 is 1.21 bits per heavy atom. The van der Waals surface area contributed by atoms with Crippen LogP contribution in [0.4, 0.5) is 0 Å². The van der Waals surface area contributed by atoms with Gasteiger partial charge in [-0.15, -0.1) is 0 Å². The summed E-state index contributed by atoms with van der Waals surface area (Å²) in [7, 11) is 0. The first-order valence-corrected chi connectivity index (χ1v) is 6.57. The molecule has 0 radical (unpaired) electrons. The van der Waals surface area contributed by atoms with E-state index >= 15 is 0 Å². The molecule has 100 valence electrons. The van der Waals surface area contributed by atoms with Crippen LogP contribution in [-0.4, -0.2) is 29.1 Å². The van der Waals surface area contributed by atoms with E-state index in [0.717, 1.165) is 6.54 Å². The van der Waals surface area contributed by atoms with Crippen molar-refractivity contribution in [3.05, 3.63) is 48.0 Å². The van der Waals surface area contributed by atoms with Crippen LogP contribution in [-0.2, 0) is 4.79 Å². The lowest BCUT2D eigenvalue weighted by atomic mass is 9.98. The van der Waals surface area contributed by atoms with E-state index in [1.807, 2.05) is 30.0 Å². The van der Waals surface area contributed by atoms with Crippen molar-refractivity contribution >= 4 is 16.7 Å². The molecule has 0 saturated carbocycles. The van der Waals surface area contributed by atoms with E-state index in [1.165, 1.54) is 16.3 Å². The zero-order chi connectivity index (χ0) is 13.8. The minimum absolute atomic E-state index is 0.0703. The summed E-state index contributed by atoms with van der Waals surface area (Å²) >= 11 is 0. The van der Waals surface area contributed by atoms with Gasteiger partial charge in [0, 0.05) is 6.04 Å². The van der Waals surface area contributed by atoms with E-state index in [4.69, 9.17) is 5.11 Å². The number of hydrogen-bond acceptors (Lipinski definition) is 2. The fourth-order valence-corrected chi connectivity index (χ4v) is 2.51. The molecule has 3 nitrogen and oxygen atoms in total. The van der Waals surface area contributed by atoms with Gasteiger partial charge in [0.1, 0.15) is 0 Å². The molecule has 2 rings (SSSR count). The molecule has 0 fully saturated rings. The predicted octanol–water partition coefficient (Wildman–Crippen LogP) is 3.31. The molecule has 2 aromatic rings. The molecule has 0 spiro atoms. The molecule has 0 heterocycles. The summed E-state index contributed by atoms with van der Waals surface area (Å²) in [6.07, 6.45) is 0. The van der Waals surface area contributed by atoms with Crippen molar-refractivity contribution < 1.29 is 9.90 Å². The second kappa shape index (κ2) is 5.85. The summed E-state index contributed by atoms with van der Waals surface area (Å²) in [6, 6.07) is 14.5. The molecule has 2 aromatic carbocycles. The van der Waals surface area contributed by atoms with Gasteiger partial charge in [-0.2, -0.15) is 0 Å². The van der Waals surface area contributed by atoms with Crippen molar-refractivity contribution in [3.63, 3.8) is 0 Å². The SMILES string of the molecule is CCN(CC(=O)O)C(C)c1cccc2ccccc12. The standard InChI is InChI=1S/C16H19NO2/c1-3-17(11-16(18)19)12(2)14-10-6-8-13-7-4-5-9-15(13)14/h4-10,12H,3,11H2,1-2H3,(H,18,19). The number of likely N-dealkylation sites (N-methyl/N-ethyl adjacent to an activating group) is 1. The fraction of sp³-hybridized carbons (Fsp3) is 0.312. The van der Waals surface area contributed by atoms with E-state index in [9.17, 15) is 4.79 Å². The van der Waals surface area contributed by atoms with Gasteiger partial charge in [0.05, 0.1) is 6.54 Å². The molecular formula is C16H19NO2. The topological polar surface area (TPSA) is 40.5 Å². The third-order valence-corrected chi connectivity index (χ3v) is 3.57. The highest BCUT2D eigenvalue weighted by Gasteiger charge is 2.18. The molecular weight excluding hydrogens is 238 g/mol. The van der Waals surface area contributed by atoms with Gasteiger partial charge in [-0.1, -0.05) is 49.4 Å². The Morgan fingerprint density at radius 3 is 2.58 bits per heavy atom. The third-order valence-electron chi connectivity index (χ3n) is 3.57. The van der Waals surface area contributed by atoms with Gasteiger partial charge in [-0.3, -0.25) is 9.69 Å². The lowest BCUT2D eigenvalue weighted by Gasteiger charge is -2.27. The highest BCUT2D eigenvalue weighted by molar-refractivity contribution is 5.86. The van der Waals surface area contributed by atoms with Crippen LogP contribution in [0, 0.1) is 0 Å². The molecule has 19 heavy (non-hydrogen) atoms. The van der Waals surface area contributed by atoms with Crippen LogP contribution in [0.3, 0.4) is 0 Å². The Bertz CT molecular complexity index is 574. The lowest BCUT2D eigenvalue weighted by Crippen LogP contribution is -2.32. The largest absolute Gasteiger partial charge is 0.480 e. The predicted molar refractivity (Wildman–Crippen MR) is 77.2 cm³/mol. The molecule has 1 N–H and O–H groups in total. The van der Waals surface area contributed by atoms with E-state index in [0.29, 0.717) is 0 Å². The van der Waals surface area contributed by atoms with Crippen molar-refractivity contribution in [2.45, 2.75) is 19.9 Å². The van der Waals surface area contributed by atoms with Gasteiger partial charge in [-0.25, -0.2) is 0 Å². The van der Waals surface area contributed by atoms with Crippen molar-refractivity contribution in [1.82, 2.24) is 4.90 Å². The first-order chi connectivity index (χ1) is 9.13. The summed E-state index contributed by atoms with van der Waals surface area (Å²) in [5.74, 6) is -0.783. The normalized spacial score (nSPS) is 12.8. The van der Waals surface area contributed by atoms with E-state index in [1.54, 1.807) is 0 Å². The molecule has 0 amide bonds. The zero-order valence-electron chi connectivity index (χ0n) is 11.3. The molecule has 1 atom stereocenters. The summed E-state index contributed by atoms with van der Waals surface area (Å²) in [5.41, 5.74) is 1.18. The molecule has 0 aliphatic rings. The van der Waals surface area contributed by atoms with Gasteiger partial charge in [0.15, 0.2) is 0 Å². The number of carboxylic acid groups (broad SMARTS) is 1. The molecule has 0 aliphatic heterocycles. The number of hydrogen-bond donors (Lipinski definition) is 1. The highest BCUT2D eigenvalue weighted by Crippen LogP contribution is 2.27. The lowest BCUT2D eigenvalue weighted by molar-refractivity contribution is -0.138. The van der Waals surface area contributed by atoms with Crippen LogP contribution in [0.15, 0.2) is 42.5 Å². The molecule has 0 aromatic heterocycles. The molecule has 0 bridgehead atoms. The number of fused-ring (bicyclic) bond motifs is 1. The summed E-state index contributed by atoms with van der Waals surface area (Å²) in [5, 5.41) is 11.4. The summed E-state index contributed by atoms with van der Waals surface area (Å²) in [4.78, 5) is 12.9. The van der Waals surface area contributed by atoms with Gasteiger partial charge >= 0.3 is 5.97 Å². The summed E-state index contributed by atoms with van der Waals surface area (Å²) < 4.78 is 0. The average Bonchev–Trinajstić information content (AvgIpc) is 2.43. The maximum atomic E-state index is 10.9. The van der Waals surface area contributed by atoms with Crippen molar-refractivity contribution in [2.75, 3.05) is 13.1 Å². The number of carboxylic acids is 1. The number of rotatable bonds is 5. The minimum Gasteiger partial charge on any atom is -0.480 e. The number of nitrogens with zero attached hydrogens (tertiary/aromatic N) is 1. The minimum atomic E-state index is -0.783. The molecule has 0 saturated heterocycles. The number of carbonyl (C=O) groups is 1. The number of benzene rings is 2. The van der Waals surface area contributed by atoms with Crippen LogP contribution in [0.2, 0.25) is 0 Å². The number of aliphatic carboxylic acids is 1. The maximum Gasteiger partial charge on any atom is 0.317 e. The second-order valence-corrected chi connectivity index (χ2v) is 4.70. The first kappa shape index (κ1) is 13.6. The third kappa shape index (κ3) is 2.93. The molecule has 1 unspecified atom stereocenters. The monoisotopic (exact) mass is 257 g/mol. The van der Waals surface area contributed by atoms with Crippen LogP contribution >= 0.6 is 0 Å². The van der Waals surface area contributed by atoms with Crippen molar-refractivity contribution in [3.8, 4) is 0 Å². The van der Waals surface area contributed by atoms with Crippen LogP contribution in [0.5, 0.6) is 0 Å². The van der Waals surface area contributed by atoms with E-state index < -0.39 is 5.97 Å². The Hall–Kier alpha value is -1.87. The van der Waals surface area contributed by atoms with E-state index in [2.05, 4.69) is 31.2 Å². The Kier molecular flexibility index (Phi) is 4.17. The highest BCUT2D eigenvalue weighted by atomic mass is 16.4. The Morgan fingerprint density at radius 2 is 1.89 bits per heavy atom. The quantitative estimate of drug-likeness (QED) is 0.893. The van der Waals surface area contributed by atoms with Crippen molar-refractivity contribution in [2.24, 2.45) is 0 Å². The van der Waals surface area contributed by atoms with Gasteiger partial charge in [-0.05, 0) is 29.8 Å². The second-order valence-electron chi connectivity index (χ2n) is 4.70.